The molecule has 0 heterocycles. The van der Waals surface area contributed by atoms with Gasteiger partial charge >= 0.3 is 0 Å². The number of aryl methyl sites for hydroxylation is 2. The summed E-state index contributed by atoms with van der Waals surface area (Å²) in [4.78, 5) is 0. The number of benzene rings is 2. The highest BCUT2D eigenvalue weighted by atomic mass is 16.5. The third-order valence-corrected chi connectivity index (χ3v) is 4.16. The van der Waals surface area contributed by atoms with Gasteiger partial charge in [0.15, 0.2) is 0 Å². The third kappa shape index (κ3) is 3.45. The third-order valence-electron chi connectivity index (χ3n) is 4.16. The van der Waals surface area contributed by atoms with E-state index in [1.165, 1.54) is 42.4 Å². The Morgan fingerprint density at radius 3 is 2.52 bits per heavy atom. The van der Waals surface area contributed by atoms with Crippen molar-refractivity contribution in [1.29, 1.82) is 0 Å². The molecule has 2 aromatic carbocycles. The van der Waals surface area contributed by atoms with Crippen molar-refractivity contribution in [2.45, 2.75) is 31.8 Å². The predicted molar refractivity (Wildman–Crippen MR) is 86.8 cm³/mol. The molecule has 1 aliphatic rings. The molecule has 2 aromatic rings. The lowest BCUT2D eigenvalue weighted by atomic mass is 9.92. The summed E-state index contributed by atoms with van der Waals surface area (Å²) in [6.45, 7) is 0.807. The van der Waals surface area contributed by atoms with Gasteiger partial charge in [0.1, 0.15) is 11.9 Å². The summed E-state index contributed by atoms with van der Waals surface area (Å²) < 4.78 is 6.24. The Morgan fingerprint density at radius 1 is 1.00 bits per heavy atom. The first-order valence-corrected chi connectivity index (χ1v) is 7.85. The van der Waals surface area contributed by atoms with E-state index in [1.807, 2.05) is 13.1 Å². The van der Waals surface area contributed by atoms with Crippen LogP contribution in [0.3, 0.4) is 0 Å². The van der Waals surface area contributed by atoms with Crippen LogP contribution in [-0.2, 0) is 12.8 Å². The van der Waals surface area contributed by atoms with Crippen molar-refractivity contribution in [2.24, 2.45) is 0 Å². The topological polar surface area (TPSA) is 21.3 Å². The summed E-state index contributed by atoms with van der Waals surface area (Å²) in [6.07, 6.45) is 5.08. The van der Waals surface area contributed by atoms with Gasteiger partial charge in [-0.25, -0.2) is 0 Å². The highest BCUT2D eigenvalue weighted by Crippen LogP contribution is 2.28. The van der Waals surface area contributed by atoms with Crippen LogP contribution in [0.5, 0.6) is 5.75 Å². The molecule has 1 unspecified atom stereocenters. The largest absolute Gasteiger partial charge is 0.484 e. The molecular formula is C19H23NO. The Labute approximate surface area is 127 Å². The number of nitrogens with one attached hydrogen (secondary N) is 1. The van der Waals surface area contributed by atoms with Gasteiger partial charge in [-0.2, -0.15) is 0 Å². The van der Waals surface area contributed by atoms with Gasteiger partial charge in [0.25, 0.3) is 0 Å². The predicted octanol–water partition coefficient (Wildman–Crippen LogP) is 3.90. The first-order valence-electron chi connectivity index (χ1n) is 7.85. The van der Waals surface area contributed by atoms with Crippen molar-refractivity contribution in [1.82, 2.24) is 5.32 Å². The van der Waals surface area contributed by atoms with Crippen molar-refractivity contribution in [3.05, 3.63) is 65.2 Å². The number of ether oxygens (including phenoxy) is 1. The molecule has 0 saturated carbocycles. The summed E-state index contributed by atoms with van der Waals surface area (Å²) >= 11 is 0. The summed E-state index contributed by atoms with van der Waals surface area (Å²) in [5, 5.41) is 3.22. The monoisotopic (exact) mass is 281 g/mol. The second-order valence-electron chi connectivity index (χ2n) is 5.71. The molecular weight excluding hydrogens is 258 g/mol. The van der Waals surface area contributed by atoms with Crippen molar-refractivity contribution in [2.75, 3.05) is 13.6 Å². The lowest BCUT2D eigenvalue weighted by molar-refractivity contribution is 0.204. The van der Waals surface area contributed by atoms with E-state index in [4.69, 9.17) is 4.74 Å². The number of fused-ring (bicyclic) bond motifs is 1. The van der Waals surface area contributed by atoms with Gasteiger partial charge in [0, 0.05) is 6.54 Å². The molecule has 3 rings (SSSR count). The fourth-order valence-corrected chi connectivity index (χ4v) is 3.03. The van der Waals surface area contributed by atoms with Crippen LogP contribution in [0.2, 0.25) is 0 Å². The van der Waals surface area contributed by atoms with E-state index in [0.717, 1.165) is 12.3 Å². The fraction of sp³-hybridized carbons (Fsp3) is 0.368. The summed E-state index contributed by atoms with van der Waals surface area (Å²) in [5.74, 6) is 0.986. The Kier molecular flexibility index (Phi) is 4.56. The van der Waals surface area contributed by atoms with Gasteiger partial charge in [-0.05, 0) is 61.6 Å². The Morgan fingerprint density at radius 2 is 1.76 bits per heavy atom. The van der Waals surface area contributed by atoms with E-state index in [2.05, 4.69) is 47.8 Å². The van der Waals surface area contributed by atoms with Crippen LogP contribution < -0.4 is 10.1 Å². The van der Waals surface area contributed by atoms with E-state index in [9.17, 15) is 0 Å². The number of rotatable bonds is 5. The van der Waals surface area contributed by atoms with Crippen LogP contribution >= 0.6 is 0 Å². The molecule has 1 atom stereocenters. The molecule has 0 amide bonds. The van der Waals surface area contributed by atoms with E-state index in [0.29, 0.717) is 0 Å². The first-order chi connectivity index (χ1) is 10.4. The molecule has 0 radical (unpaired) electrons. The van der Waals surface area contributed by atoms with Crippen molar-refractivity contribution in [3.63, 3.8) is 0 Å². The van der Waals surface area contributed by atoms with Crippen molar-refractivity contribution < 1.29 is 4.74 Å². The minimum Gasteiger partial charge on any atom is -0.484 e. The second kappa shape index (κ2) is 6.77. The molecule has 0 bridgehead atoms. The first kappa shape index (κ1) is 14.2. The SMILES string of the molecule is CNCC(Oc1ccc2c(c1)CCCC2)c1ccccc1. The van der Waals surface area contributed by atoms with Gasteiger partial charge in [0.2, 0.25) is 0 Å². The zero-order valence-electron chi connectivity index (χ0n) is 12.6. The Bertz CT molecular complexity index is 579. The number of likely N-dealkylation sites (N-methyl/N-ethyl adjacent to an activating group) is 1. The van der Waals surface area contributed by atoms with Gasteiger partial charge < -0.3 is 10.1 Å². The standard InChI is InChI=1S/C19H23NO/c1-20-14-19(16-8-3-2-4-9-16)21-18-12-11-15-7-5-6-10-17(15)13-18/h2-4,8-9,11-13,19-20H,5-7,10,14H2,1H3. The van der Waals surface area contributed by atoms with Gasteiger partial charge in [-0.3, -0.25) is 0 Å². The lowest BCUT2D eigenvalue weighted by Gasteiger charge is -2.22. The molecule has 0 fully saturated rings. The molecule has 1 N–H and O–H groups in total. The summed E-state index contributed by atoms with van der Waals surface area (Å²) in [7, 11) is 1.96. The lowest BCUT2D eigenvalue weighted by Crippen LogP contribution is -2.22. The Balaban J connectivity index is 1.79. The second-order valence-corrected chi connectivity index (χ2v) is 5.71. The Hall–Kier alpha value is -1.80. The van der Waals surface area contributed by atoms with Crippen LogP contribution in [0.1, 0.15) is 35.6 Å². The van der Waals surface area contributed by atoms with Gasteiger partial charge in [-0.15, -0.1) is 0 Å². The molecule has 1 aliphatic carbocycles. The zero-order chi connectivity index (χ0) is 14.5. The maximum atomic E-state index is 6.24. The van der Waals surface area contributed by atoms with Gasteiger partial charge in [0.05, 0.1) is 0 Å². The quantitative estimate of drug-likeness (QED) is 0.897. The summed E-state index contributed by atoms with van der Waals surface area (Å²) in [5.41, 5.74) is 4.18. The highest BCUT2D eigenvalue weighted by molar-refractivity contribution is 5.37. The minimum atomic E-state index is 0.0536. The summed E-state index contributed by atoms with van der Waals surface area (Å²) in [6, 6.07) is 17.0. The van der Waals surface area contributed by atoms with E-state index in [-0.39, 0.29) is 6.10 Å². The highest BCUT2D eigenvalue weighted by Gasteiger charge is 2.14. The van der Waals surface area contributed by atoms with Gasteiger partial charge in [-0.1, -0.05) is 36.4 Å². The minimum absolute atomic E-state index is 0.0536. The zero-order valence-corrected chi connectivity index (χ0v) is 12.6. The molecule has 0 spiro atoms. The molecule has 0 saturated heterocycles. The van der Waals surface area contributed by atoms with E-state index in [1.54, 1.807) is 0 Å². The van der Waals surface area contributed by atoms with Crippen LogP contribution in [-0.4, -0.2) is 13.6 Å². The van der Waals surface area contributed by atoms with Crippen LogP contribution in [0, 0.1) is 0 Å². The van der Waals surface area contributed by atoms with E-state index >= 15 is 0 Å². The molecule has 0 aliphatic heterocycles. The number of hydrogen-bond donors (Lipinski definition) is 1. The average Bonchev–Trinajstić information content (AvgIpc) is 2.55. The smallest absolute Gasteiger partial charge is 0.136 e. The van der Waals surface area contributed by atoms with Crippen LogP contribution in [0.4, 0.5) is 0 Å². The molecule has 2 nitrogen and oxygen atoms in total. The van der Waals surface area contributed by atoms with Crippen molar-refractivity contribution >= 4 is 0 Å². The van der Waals surface area contributed by atoms with Crippen LogP contribution in [0.25, 0.3) is 0 Å². The normalized spacial score (nSPS) is 15.3. The van der Waals surface area contributed by atoms with E-state index < -0.39 is 0 Å². The molecule has 0 aromatic heterocycles. The molecule has 21 heavy (non-hydrogen) atoms. The van der Waals surface area contributed by atoms with Crippen LogP contribution in [0.15, 0.2) is 48.5 Å². The maximum absolute atomic E-state index is 6.24. The fourth-order valence-electron chi connectivity index (χ4n) is 3.03. The molecule has 110 valence electrons. The number of hydrogen-bond acceptors (Lipinski definition) is 2. The maximum Gasteiger partial charge on any atom is 0.136 e. The van der Waals surface area contributed by atoms with Crippen molar-refractivity contribution in [3.8, 4) is 5.75 Å². The molecule has 2 heteroatoms. The average molecular weight is 281 g/mol.